The fourth-order valence-electron chi connectivity index (χ4n) is 2.74. The van der Waals surface area contributed by atoms with E-state index >= 15 is 0 Å². The first-order valence-electron chi connectivity index (χ1n) is 8.07. The third-order valence-corrected chi connectivity index (χ3v) is 4.47. The highest BCUT2D eigenvalue weighted by molar-refractivity contribution is 6.36. The van der Waals surface area contributed by atoms with E-state index in [-0.39, 0.29) is 11.9 Å². The quantitative estimate of drug-likeness (QED) is 0.582. The lowest BCUT2D eigenvalue weighted by atomic mass is 10.2. The molecule has 1 amide bonds. The second-order valence-corrected chi connectivity index (χ2v) is 7.11. The van der Waals surface area contributed by atoms with Crippen LogP contribution in [0.1, 0.15) is 16.8 Å². The minimum absolute atomic E-state index is 0.126. The predicted octanol–water partition coefficient (Wildman–Crippen LogP) is 1.87. The molecule has 2 aromatic rings. The van der Waals surface area contributed by atoms with Gasteiger partial charge >= 0.3 is 5.57 Å². The molecule has 1 fully saturated rings. The zero-order valence-electron chi connectivity index (χ0n) is 14.0. The number of carbonyl (C=O) groups excluding carboxylic acids is 1. The molecule has 1 aromatic heterocycles. The summed E-state index contributed by atoms with van der Waals surface area (Å²) in [5, 5.41) is 12.3. The lowest BCUT2D eigenvalue weighted by Crippen LogP contribution is -2.29. The van der Waals surface area contributed by atoms with Crippen LogP contribution in [0.2, 0.25) is 0 Å². The molecular weight excluding hydrogens is 395 g/mol. The molecule has 2 radical (unpaired) electrons. The Morgan fingerprint density at radius 1 is 1.41 bits per heavy atom. The summed E-state index contributed by atoms with van der Waals surface area (Å²) in [6.07, 6.45) is 1.77. The molecule has 10 heteroatoms. The first-order valence-corrected chi connectivity index (χ1v) is 9.02. The highest BCUT2D eigenvalue weighted by Gasteiger charge is 2.27. The van der Waals surface area contributed by atoms with Gasteiger partial charge < -0.3 is 20.1 Å². The molecule has 1 aliphatic heterocycles. The molecule has 6 nitrogen and oxygen atoms in total. The van der Waals surface area contributed by atoms with Crippen LogP contribution in [-0.4, -0.2) is 57.0 Å². The molecule has 1 aromatic carbocycles. The van der Waals surface area contributed by atoms with Crippen LogP contribution in [0, 0.1) is 0 Å². The van der Waals surface area contributed by atoms with E-state index in [1.165, 1.54) is 30.5 Å². The number of nitrogens with zero attached hydrogens (tertiary/aromatic N) is 2. The number of ether oxygens (including phenoxy) is 1. The predicted molar refractivity (Wildman–Crippen MR) is 98.3 cm³/mol. The van der Waals surface area contributed by atoms with Crippen molar-refractivity contribution in [3.8, 4) is 5.75 Å². The number of β-amino-alcohol motifs (C(OH)–C–C–N with tert-alkyl or cyclic N) is 1. The van der Waals surface area contributed by atoms with Crippen LogP contribution in [0.15, 0.2) is 36.5 Å². The molecule has 0 saturated carbocycles. The Hall–Kier alpha value is -1.92. The van der Waals surface area contributed by atoms with Gasteiger partial charge in [-0.1, -0.05) is 10.5 Å². The summed E-state index contributed by atoms with van der Waals surface area (Å²) in [5.41, 5.74) is -3.04. The number of hydrogen-bond acceptors (Lipinski definition) is 5. The highest BCUT2D eigenvalue weighted by atomic mass is 35.5. The van der Waals surface area contributed by atoms with E-state index in [1.54, 1.807) is 6.07 Å². The van der Waals surface area contributed by atoms with Gasteiger partial charge in [-0.3, -0.25) is 4.79 Å². The zero-order valence-corrected chi connectivity index (χ0v) is 15.9. The molecule has 2 N–H and O–H groups in total. The molecule has 1 aliphatic rings. The Morgan fingerprint density at radius 3 is 2.67 bits per heavy atom. The summed E-state index contributed by atoms with van der Waals surface area (Å²) in [5.74, 6) is 0.186. The molecule has 3 rings (SSSR count). The van der Waals surface area contributed by atoms with Crippen molar-refractivity contribution < 1.29 is 23.4 Å². The van der Waals surface area contributed by atoms with E-state index in [2.05, 4.69) is 31.3 Å². The third-order valence-electron chi connectivity index (χ3n) is 3.97. The van der Waals surface area contributed by atoms with Gasteiger partial charge in [-0.25, -0.2) is 4.98 Å². The summed E-state index contributed by atoms with van der Waals surface area (Å²) in [6, 6.07) is 7.06. The van der Waals surface area contributed by atoms with E-state index in [4.69, 9.17) is 11.6 Å². The molecule has 2 heterocycles. The van der Waals surface area contributed by atoms with Gasteiger partial charge in [0.15, 0.2) is 16.3 Å². The first-order chi connectivity index (χ1) is 12.7. The number of benzene rings is 1. The number of anilines is 2. The van der Waals surface area contributed by atoms with Gasteiger partial charge in [0.2, 0.25) is 0 Å². The number of hydrogen-bond donors (Lipinski definition) is 2. The fourth-order valence-corrected chi connectivity index (χ4v) is 3.27. The van der Waals surface area contributed by atoms with Crippen molar-refractivity contribution in [1.29, 1.82) is 0 Å². The van der Waals surface area contributed by atoms with Crippen LogP contribution < -0.4 is 19.4 Å². The van der Waals surface area contributed by atoms with Gasteiger partial charge in [-0.05, 0) is 30.7 Å². The fraction of sp³-hybridized carbons (Fsp3) is 0.294. The van der Waals surface area contributed by atoms with Crippen molar-refractivity contribution in [3.63, 3.8) is 0 Å². The smallest absolute Gasteiger partial charge is 0.420 e. The van der Waals surface area contributed by atoms with Crippen molar-refractivity contribution in [2.45, 2.75) is 18.1 Å². The maximum Gasteiger partial charge on any atom is 0.487 e. The maximum absolute atomic E-state index is 12.6. The SMILES string of the molecule is O=C(Nc1ccc(OC(F)(F)Cl)cc1)c1cnc(N2CC[C@@H](O)C2)[c]([Al])c1. The van der Waals surface area contributed by atoms with Gasteiger partial charge in [-0.15, -0.1) is 8.78 Å². The molecule has 140 valence electrons. The Kier molecular flexibility index (Phi) is 5.87. The summed E-state index contributed by atoms with van der Waals surface area (Å²) >= 11 is 7.24. The standard InChI is InChI=1S/C17H15ClF2N3O3.Al/c18-17(19,20)26-14-4-2-12(3-5-14)22-16(25)11-1-6-15(21-9-11)23-8-7-13(24)10-23;/h1-5,9,13,24H,7-8,10H2,(H,22,25);/t13-;/m1./s1. The number of halogens is 3. The first kappa shape index (κ1) is 19.8. The second kappa shape index (κ2) is 7.99. The highest BCUT2D eigenvalue weighted by Crippen LogP contribution is 2.26. The van der Waals surface area contributed by atoms with Gasteiger partial charge in [-0.2, -0.15) is 0 Å². The lowest BCUT2D eigenvalue weighted by Gasteiger charge is -2.20. The van der Waals surface area contributed by atoms with Crippen LogP contribution in [0.5, 0.6) is 5.75 Å². The van der Waals surface area contributed by atoms with Crippen molar-refractivity contribution in [2.24, 2.45) is 0 Å². The molecule has 0 unspecified atom stereocenters. The van der Waals surface area contributed by atoms with Crippen LogP contribution >= 0.6 is 11.6 Å². The maximum atomic E-state index is 12.6. The van der Waals surface area contributed by atoms with Crippen molar-refractivity contribution in [3.05, 3.63) is 42.1 Å². The molecule has 27 heavy (non-hydrogen) atoms. The Balaban J connectivity index is 1.66. The van der Waals surface area contributed by atoms with Crippen molar-refractivity contribution >= 4 is 49.7 Å². The van der Waals surface area contributed by atoms with Crippen molar-refractivity contribution in [2.75, 3.05) is 23.3 Å². The molecule has 0 aliphatic carbocycles. The van der Waals surface area contributed by atoms with Gasteiger partial charge in [0.1, 0.15) is 11.6 Å². The van der Waals surface area contributed by atoms with Crippen LogP contribution in [-0.2, 0) is 0 Å². The van der Waals surface area contributed by atoms with E-state index in [9.17, 15) is 18.7 Å². The molecule has 0 bridgehead atoms. The average Bonchev–Trinajstić information content (AvgIpc) is 3.01. The van der Waals surface area contributed by atoms with E-state index < -0.39 is 11.5 Å². The number of aromatic nitrogens is 1. The summed E-state index contributed by atoms with van der Waals surface area (Å²) in [6.45, 7) is 1.21. The number of rotatable bonds is 5. The Morgan fingerprint density at radius 2 is 2.11 bits per heavy atom. The number of nitrogens with one attached hydrogen (secondary N) is 1. The topological polar surface area (TPSA) is 74.7 Å². The van der Waals surface area contributed by atoms with Crippen LogP contribution in [0.3, 0.4) is 0 Å². The summed E-state index contributed by atoms with van der Waals surface area (Å²) in [4.78, 5) is 18.7. The third kappa shape index (κ3) is 5.30. The van der Waals surface area contributed by atoms with Crippen molar-refractivity contribution in [1.82, 2.24) is 4.98 Å². The molecule has 1 saturated heterocycles. The van der Waals surface area contributed by atoms with E-state index in [0.29, 0.717) is 36.6 Å². The number of carbonyl (C=O) groups is 1. The average molecular weight is 410 g/mol. The molecule has 0 spiro atoms. The van der Waals surface area contributed by atoms with Gasteiger partial charge in [0, 0.05) is 36.6 Å². The Bertz CT molecular complexity index is 833. The van der Waals surface area contributed by atoms with Gasteiger partial charge in [0.25, 0.3) is 5.91 Å². The number of amides is 1. The number of alkyl halides is 3. The largest absolute Gasteiger partial charge is 0.487 e. The van der Waals surface area contributed by atoms with Crippen LogP contribution in [0.25, 0.3) is 0 Å². The van der Waals surface area contributed by atoms with Crippen LogP contribution in [0.4, 0.5) is 20.3 Å². The molecule has 1 atom stereocenters. The number of pyridine rings is 1. The van der Waals surface area contributed by atoms with Gasteiger partial charge in [0.05, 0.1) is 11.7 Å². The minimum Gasteiger partial charge on any atom is -0.420 e. The van der Waals surface area contributed by atoms with E-state index in [0.717, 1.165) is 4.43 Å². The summed E-state index contributed by atoms with van der Waals surface area (Å²) < 4.78 is 30.1. The zero-order chi connectivity index (χ0) is 19.6. The minimum atomic E-state index is -3.79. The number of aliphatic hydroxyl groups is 1. The second-order valence-electron chi connectivity index (χ2n) is 6.05. The van der Waals surface area contributed by atoms with E-state index in [1.807, 2.05) is 4.90 Å². The normalized spacial score (nSPS) is 17.0. The molecular formula is C17H15AlClF2N3O3. The Labute approximate surface area is 167 Å². The number of aliphatic hydroxyl groups excluding tert-OH is 1. The monoisotopic (exact) mass is 409 g/mol. The lowest BCUT2D eigenvalue weighted by molar-refractivity contribution is -0.0964. The summed E-state index contributed by atoms with van der Waals surface area (Å²) in [7, 11) is 0.